The van der Waals surface area contributed by atoms with E-state index in [4.69, 9.17) is 0 Å². The van der Waals surface area contributed by atoms with Crippen LogP contribution in [0.3, 0.4) is 0 Å². The van der Waals surface area contributed by atoms with E-state index in [0.717, 1.165) is 0 Å². The Hall–Kier alpha value is 1.15. The fourth-order valence-corrected chi connectivity index (χ4v) is 40.4. The van der Waals surface area contributed by atoms with E-state index in [1.165, 1.54) is 20.8 Å². The van der Waals surface area contributed by atoms with Gasteiger partial charge in [0.15, 0.2) is 0 Å². The Morgan fingerprint density at radius 2 is 0.875 bits per heavy atom. The first kappa shape index (κ1) is 18.5. The second kappa shape index (κ2) is 8.89. The molecule has 1 atom stereocenters. The summed E-state index contributed by atoms with van der Waals surface area (Å²) in [6.45, 7) is 0. The van der Waals surface area contributed by atoms with E-state index in [-0.39, 0.29) is 0 Å². The SMILES string of the molecule is C1CC[CH]([Sn]([CH]2CCCCC2)([CH]2CCCCC2)[CH]2CCCS2)CC1. The van der Waals surface area contributed by atoms with Crippen molar-refractivity contribution in [3.8, 4) is 0 Å². The summed E-state index contributed by atoms with van der Waals surface area (Å²) in [5.74, 6) is 1.52. The van der Waals surface area contributed by atoms with Gasteiger partial charge in [-0.15, -0.1) is 0 Å². The van der Waals surface area contributed by atoms with Crippen LogP contribution in [-0.2, 0) is 0 Å². The summed E-state index contributed by atoms with van der Waals surface area (Å²) in [6.07, 6.45) is 27.6. The molecular formula is C22H40SSn. The maximum absolute atomic E-state index is 2.52. The van der Waals surface area contributed by atoms with Gasteiger partial charge in [-0.2, -0.15) is 0 Å². The van der Waals surface area contributed by atoms with Gasteiger partial charge in [-0.25, -0.2) is 0 Å². The van der Waals surface area contributed by atoms with Crippen LogP contribution in [-0.4, -0.2) is 27.4 Å². The van der Waals surface area contributed by atoms with Crippen LogP contribution >= 0.6 is 11.8 Å². The molecule has 0 radical (unpaired) electrons. The molecular weight excluding hydrogens is 415 g/mol. The van der Waals surface area contributed by atoms with Gasteiger partial charge in [0, 0.05) is 0 Å². The number of thioether (sulfide) groups is 1. The van der Waals surface area contributed by atoms with Gasteiger partial charge >= 0.3 is 160 Å². The molecule has 1 unspecified atom stereocenters. The third kappa shape index (κ3) is 3.60. The Morgan fingerprint density at radius 3 is 1.21 bits per heavy atom. The molecule has 24 heavy (non-hydrogen) atoms. The van der Waals surface area contributed by atoms with E-state index in [2.05, 4.69) is 11.8 Å². The summed E-state index contributed by atoms with van der Waals surface area (Å²) in [5.41, 5.74) is 0. The fourth-order valence-electron chi connectivity index (χ4n) is 7.57. The average Bonchev–Trinajstić information content (AvgIpc) is 3.20. The summed E-state index contributed by atoms with van der Waals surface area (Å²) in [4.78, 5) is 0. The first-order valence-corrected chi connectivity index (χ1v) is 19.2. The molecule has 0 amide bonds. The van der Waals surface area contributed by atoms with Crippen LogP contribution in [0.5, 0.6) is 0 Å². The average molecular weight is 455 g/mol. The Labute approximate surface area is 159 Å². The summed E-state index contributed by atoms with van der Waals surface area (Å²) in [6, 6.07) is 0. The first-order chi connectivity index (χ1) is 11.9. The topological polar surface area (TPSA) is 0 Å². The second-order valence-electron chi connectivity index (χ2n) is 9.51. The van der Waals surface area contributed by atoms with Crippen molar-refractivity contribution < 1.29 is 0 Å². The van der Waals surface area contributed by atoms with Crippen molar-refractivity contribution in [2.24, 2.45) is 0 Å². The van der Waals surface area contributed by atoms with Crippen molar-refractivity contribution in [1.82, 2.24) is 0 Å². The molecule has 0 bridgehead atoms. The van der Waals surface area contributed by atoms with Gasteiger partial charge in [-0.1, -0.05) is 0 Å². The summed E-state index contributed by atoms with van der Waals surface area (Å²) in [5, 5.41) is 0. The normalized spacial score (nSPS) is 32.2. The maximum atomic E-state index is 2.52. The van der Waals surface area contributed by atoms with Crippen LogP contribution in [0, 0.1) is 0 Å². The number of rotatable bonds is 4. The third-order valence-electron chi connectivity index (χ3n) is 8.42. The van der Waals surface area contributed by atoms with E-state index < -0.39 is 18.4 Å². The zero-order valence-corrected chi connectivity index (χ0v) is 19.6. The van der Waals surface area contributed by atoms with Gasteiger partial charge in [-0.05, 0) is 0 Å². The predicted octanol–water partition coefficient (Wildman–Crippen LogP) is 7.87. The van der Waals surface area contributed by atoms with Crippen LogP contribution in [0.1, 0.15) is 109 Å². The zero-order valence-electron chi connectivity index (χ0n) is 15.9. The Morgan fingerprint density at radius 1 is 0.458 bits per heavy atom. The van der Waals surface area contributed by atoms with Crippen molar-refractivity contribution in [2.75, 3.05) is 5.75 Å². The van der Waals surface area contributed by atoms with E-state index in [0.29, 0.717) is 0 Å². The minimum atomic E-state index is -2.20. The van der Waals surface area contributed by atoms with Crippen LogP contribution in [0.25, 0.3) is 0 Å². The minimum absolute atomic E-state index is 1.24. The molecule has 0 aromatic heterocycles. The molecule has 138 valence electrons. The number of hydrogen-bond donors (Lipinski definition) is 0. The monoisotopic (exact) mass is 456 g/mol. The van der Waals surface area contributed by atoms with Gasteiger partial charge in [0.2, 0.25) is 0 Å². The van der Waals surface area contributed by atoms with E-state index in [1.54, 1.807) is 109 Å². The van der Waals surface area contributed by atoms with Crippen molar-refractivity contribution in [1.29, 1.82) is 0 Å². The fraction of sp³-hybridized carbons (Fsp3) is 1.00. The van der Waals surface area contributed by atoms with Crippen LogP contribution in [0.4, 0.5) is 0 Å². The van der Waals surface area contributed by atoms with E-state index >= 15 is 0 Å². The molecule has 3 saturated carbocycles. The third-order valence-corrected chi connectivity index (χ3v) is 34.8. The molecule has 0 N–H and O–H groups in total. The molecule has 0 nitrogen and oxygen atoms in total. The molecule has 4 rings (SSSR count). The van der Waals surface area contributed by atoms with Crippen molar-refractivity contribution >= 4 is 30.1 Å². The van der Waals surface area contributed by atoms with Crippen LogP contribution < -0.4 is 0 Å². The van der Waals surface area contributed by atoms with Crippen molar-refractivity contribution in [3.63, 3.8) is 0 Å². The summed E-state index contributed by atoms with van der Waals surface area (Å²) < 4.78 is 5.15. The van der Waals surface area contributed by atoms with Crippen molar-refractivity contribution in [2.45, 2.75) is 124 Å². The summed E-state index contributed by atoms with van der Waals surface area (Å²) in [7, 11) is 0. The van der Waals surface area contributed by atoms with E-state index in [9.17, 15) is 0 Å². The predicted molar refractivity (Wildman–Crippen MR) is 112 cm³/mol. The first-order valence-electron chi connectivity index (χ1n) is 11.5. The summed E-state index contributed by atoms with van der Waals surface area (Å²) >= 11 is 0.329. The van der Waals surface area contributed by atoms with Gasteiger partial charge in [-0.3, -0.25) is 0 Å². The van der Waals surface area contributed by atoms with Gasteiger partial charge in [0.1, 0.15) is 0 Å². The van der Waals surface area contributed by atoms with E-state index in [1.807, 2.05) is 0 Å². The van der Waals surface area contributed by atoms with Gasteiger partial charge in [0.25, 0.3) is 0 Å². The van der Waals surface area contributed by atoms with Crippen LogP contribution in [0.2, 0.25) is 11.8 Å². The molecule has 3 aliphatic carbocycles. The molecule has 1 aliphatic heterocycles. The molecule has 1 saturated heterocycles. The standard InChI is InChI=1S/3C6H11.C4H7S.Sn/c3*1-2-4-6-5-3-1;1-2-4-5-3-1;/h3*1H,2-6H2;3H,1-2,4H2;. The molecule has 0 spiro atoms. The molecule has 4 fully saturated rings. The number of hydrogen-bond acceptors (Lipinski definition) is 1. The molecule has 0 aromatic carbocycles. The Kier molecular flexibility index (Phi) is 6.86. The zero-order chi connectivity index (χ0) is 16.2. The van der Waals surface area contributed by atoms with Gasteiger partial charge in [0.05, 0.1) is 0 Å². The Bertz CT molecular complexity index is 326. The van der Waals surface area contributed by atoms with Crippen molar-refractivity contribution in [3.05, 3.63) is 0 Å². The quantitative estimate of drug-likeness (QED) is 0.389. The molecule has 0 aromatic rings. The Balaban J connectivity index is 1.70. The van der Waals surface area contributed by atoms with Crippen LogP contribution in [0.15, 0.2) is 0 Å². The van der Waals surface area contributed by atoms with Gasteiger partial charge < -0.3 is 0 Å². The molecule has 4 aliphatic rings. The second-order valence-corrected chi connectivity index (χ2v) is 26.7. The molecule has 1 heterocycles. The molecule has 2 heteroatoms.